The van der Waals surface area contributed by atoms with E-state index < -0.39 is 0 Å². The second kappa shape index (κ2) is 4.78. The molecule has 3 heteroatoms. The highest BCUT2D eigenvalue weighted by atomic mass is 16.3. The van der Waals surface area contributed by atoms with Gasteiger partial charge in [-0.3, -0.25) is 0 Å². The zero-order valence-electron chi connectivity index (χ0n) is 11.7. The number of benzene rings is 3. The predicted octanol–water partition coefficient (Wildman–Crippen LogP) is 3.92. The van der Waals surface area contributed by atoms with Gasteiger partial charge in [0.15, 0.2) is 0 Å². The van der Waals surface area contributed by atoms with Crippen molar-refractivity contribution in [1.29, 1.82) is 5.26 Å². The van der Waals surface area contributed by atoms with Crippen LogP contribution in [0.1, 0.15) is 5.56 Å². The number of rotatable bonds is 1. The SMILES string of the molecule is [B]c1ccc2oc3cccc(-c4ccc(C#N)cc4)c3c2c1. The quantitative estimate of drug-likeness (QED) is 0.495. The second-order valence-electron chi connectivity index (χ2n) is 5.23. The molecular weight excluding hydrogens is 269 g/mol. The molecule has 4 aromatic rings. The summed E-state index contributed by atoms with van der Waals surface area (Å²) in [5.74, 6) is 0. The first-order valence-electron chi connectivity index (χ1n) is 6.97. The first-order valence-corrected chi connectivity index (χ1v) is 6.97. The Balaban J connectivity index is 2.06. The number of nitriles is 1. The summed E-state index contributed by atoms with van der Waals surface area (Å²) in [6.45, 7) is 0. The lowest BCUT2D eigenvalue weighted by molar-refractivity contribution is 0.669. The summed E-state index contributed by atoms with van der Waals surface area (Å²) in [7, 11) is 5.92. The van der Waals surface area contributed by atoms with Crippen molar-refractivity contribution >= 4 is 35.2 Å². The average molecular weight is 279 g/mol. The molecule has 1 heterocycles. The van der Waals surface area contributed by atoms with Crippen LogP contribution in [0.5, 0.6) is 0 Å². The fourth-order valence-corrected chi connectivity index (χ4v) is 2.81. The third-order valence-corrected chi connectivity index (χ3v) is 3.84. The molecule has 0 amide bonds. The van der Waals surface area contributed by atoms with Crippen molar-refractivity contribution < 1.29 is 4.42 Å². The molecule has 0 saturated heterocycles. The Hall–Kier alpha value is -2.99. The minimum atomic E-state index is 0.650. The van der Waals surface area contributed by atoms with Crippen molar-refractivity contribution in [2.75, 3.05) is 0 Å². The summed E-state index contributed by atoms with van der Waals surface area (Å²) < 4.78 is 5.91. The largest absolute Gasteiger partial charge is 0.456 e. The zero-order chi connectivity index (χ0) is 15.1. The number of fused-ring (bicyclic) bond motifs is 3. The van der Waals surface area contributed by atoms with Crippen molar-refractivity contribution in [3.05, 3.63) is 66.2 Å². The molecule has 0 aliphatic heterocycles. The van der Waals surface area contributed by atoms with E-state index in [0.717, 1.165) is 33.1 Å². The molecule has 0 aliphatic carbocycles. The third kappa shape index (κ3) is 1.89. The van der Waals surface area contributed by atoms with Gasteiger partial charge in [0.1, 0.15) is 19.0 Å². The van der Waals surface area contributed by atoms with Gasteiger partial charge in [-0.25, -0.2) is 0 Å². The predicted molar refractivity (Wildman–Crippen MR) is 89.3 cm³/mol. The Morgan fingerprint density at radius 3 is 2.50 bits per heavy atom. The Morgan fingerprint density at radius 2 is 1.73 bits per heavy atom. The zero-order valence-corrected chi connectivity index (χ0v) is 11.7. The van der Waals surface area contributed by atoms with Crippen molar-refractivity contribution in [1.82, 2.24) is 0 Å². The van der Waals surface area contributed by atoms with Gasteiger partial charge in [0.05, 0.1) is 11.6 Å². The van der Waals surface area contributed by atoms with Crippen LogP contribution in [0.25, 0.3) is 33.1 Å². The van der Waals surface area contributed by atoms with Crippen LogP contribution in [-0.4, -0.2) is 7.85 Å². The maximum absolute atomic E-state index is 8.93. The standard InChI is InChI=1S/C19H10BNO/c20-14-8-9-17-16(10-14)19-15(2-1-3-18(19)22-17)13-6-4-12(11-21)5-7-13/h1-10H. The first kappa shape index (κ1) is 12.7. The Kier molecular flexibility index (Phi) is 2.77. The maximum atomic E-state index is 8.93. The molecule has 0 saturated carbocycles. The third-order valence-electron chi connectivity index (χ3n) is 3.84. The van der Waals surface area contributed by atoms with Crippen molar-refractivity contribution in [3.8, 4) is 17.2 Å². The van der Waals surface area contributed by atoms with Crippen LogP contribution in [0.4, 0.5) is 0 Å². The van der Waals surface area contributed by atoms with Crippen LogP contribution in [0.3, 0.4) is 0 Å². The maximum Gasteiger partial charge on any atom is 0.136 e. The van der Waals surface area contributed by atoms with Crippen molar-refractivity contribution in [3.63, 3.8) is 0 Å². The highest BCUT2D eigenvalue weighted by Gasteiger charge is 2.12. The van der Waals surface area contributed by atoms with Crippen LogP contribution in [0.15, 0.2) is 65.1 Å². The summed E-state index contributed by atoms with van der Waals surface area (Å²) in [6.07, 6.45) is 0. The molecule has 0 unspecified atom stereocenters. The lowest BCUT2D eigenvalue weighted by Gasteiger charge is -2.04. The fourth-order valence-electron chi connectivity index (χ4n) is 2.81. The molecule has 1 aromatic heterocycles. The molecule has 0 spiro atoms. The van der Waals surface area contributed by atoms with Crippen LogP contribution < -0.4 is 5.46 Å². The van der Waals surface area contributed by atoms with Gasteiger partial charge in [0, 0.05) is 10.8 Å². The van der Waals surface area contributed by atoms with Crippen LogP contribution in [0.2, 0.25) is 0 Å². The van der Waals surface area contributed by atoms with Crippen molar-refractivity contribution in [2.24, 2.45) is 0 Å². The molecule has 0 N–H and O–H groups in total. The lowest BCUT2D eigenvalue weighted by atomic mass is 9.93. The van der Waals surface area contributed by atoms with E-state index >= 15 is 0 Å². The highest BCUT2D eigenvalue weighted by molar-refractivity contribution is 6.34. The topological polar surface area (TPSA) is 36.9 Å². The first-order chi connectivity index (χ1) is 10.8. The van der Waals surface area contributed by atoms with Crippen LogP contribution in [-0.2, 0) is 0 Å². The minimum absolute atomic E-state index is 0.650. The van der Waals surface area contributed by atoms with Gasteiger partial charge in [-0.15, -0.1) is 0 Å². The summed E-state index contributed by atoms with van der Waals surface area (Å²) in [5, 5.41) is 11.0. The molecule has 22 heavy (non-hydrogen) atoms. The van der Waals surface area contributed by atoms with Crippen molar-refractivity contribution in [2.45, 2.75) is 0 Å². The Morgan fingerprint density at radius 1 is 0.909 bits per heavy atom. The van der Waals surface area contributed by atoms with Crippen LogP contribution >= 0.6 is 0 Å². The van der Waals surface area contributed by atoms with Gasteiger partial charge in [-0.1, -0.05) is 41.9 Å². The smallest absolute Gasteiger partial charge is 0.136 e. The Bertz CT molecular complexity index is 1040. The van der Waals surface area contributed by atoms with E-state index in [1.807, 2.05) is 54.6 Å². The number of nitrogens with zero attached hydrogens (tertiary/aromatic N) is 1. The molecule has 2 nitrogen and oxygen atoms in total. The summed E-state index contributed by atoms with van der Waals surface area (Å²) in [6, 6.07) is 21.4. The van der Waals surface area contributed by atoms with Gasteiger partial charge >= 0.3 is 0 Å². The molecule has 0 fully saturated rings. The minimum Gasteiger partial charge on any atom is -0.456 e. The second-order valence-corrected chi connectivity index (χ2v) is 5.23. The van der Waals surface area contributed by atoms with E-state index in [0.29, 0.717) is 11.0 Å². The molecule has 0 bridgehead atoms. The molecule has 0 aliphatic rings. The van der Waals surface area contributed by atoms with E-state index in [1.165, 1.54) is 0 Å². The monoisotopic (exact) mass is 279 g/mol. The highest BCUT2D eigenvalue weighted by Crippen LogP contribution is 2.36. The van der Waals surface area contributed by atoms with E-state index in [9.17, 15) is 0 Å². The normalized spacial score (nSPS) is 10.9. The van der Waals surface area contributed by atoms with E-state index in [2.05, 4.69) is 12.1 Å². The number of hydrogen-bond donors (Lipinski definition) is 0. The lowest BCUT2D eigenvalue weighted by Crippen LogP contribution is -1.98. The molecule has 4 rings (SSSR count). The van der Waals surface area contributed by atoms with E-state index in [4.69, 9.17) is 17.5 Å². The average Bonchev–Trinajstić information content (AvgIpc) is 2.93. The molecule has 2 radical (unpaired) electrons. The number of furan rings is 1. The van der Waals surface area contributed by atoms with Crippen LogP contribution in [0, 0.1) is 11.3 Å². The summed E-state index contributed by atoms with van der Waals surface area (Å²) in [5.41, 5.74) is 5.15. The van der Waals surface area contributed by atoms with E-state index in [1.54, 1.807) is 0 Å². The molecular formula is C19H10BNO. The van der Waals surface area contributed by atoms with Gasteiger partial charge in [-0.2, -0.15) is 5.26 Å². The summed E-state index contributed by atoms with van der Waals surface area (Å²) in [4.78, 5) is 0. The molecule has 0 atom stereocenters. The molecule has 100 valence electrons. The van der Waals surface area contributed by atoms with Gasteiger partial charge in [0.2, 0.25) is 0 Å². The number of hydrogen-bond acceptors (Lipinski definition) is 2. The Labute approximate surface area is 129 Å². The summed E-state index contributed by atoms with van der Waals surface area (Å²) >= 11 is 0. The van der Waals surface area contributed by atoms with Gasteiger partial charge < -0.3 is 4.42 Å². The van der Waals surface area contributed by atoms with Gasteiger partial charge in [-0.05, 0) is 35.4 Å². The van der Waals surface area contributed by atoms with Gasteiger partial charge in [0.25, 0.3) is 0 Å². The van der Waals surface area contributed by atoms with E-state index in [-0.39, 0.29) is 0 Å². The fraction of sp³-hybridized carbons (Fsp3) is 0. The molecule has 3 aromatic carbocycles.